The maximum atomic E-state index is 12.1. The van der Waals surface area contributed by atoms with E-state index in [2.05, 4.69) is 9.71 Å². The molecule has 0 amide bonds. The topological polar surface area (TPSA) is 62.3 Å². The summed E-state index contributed by atoms with van der Waals surface area (Å²) in [6.07, 6.45) is 3.61. The van der Waals surface area contributed by atoms with Gasteiger partial charge in [-0.15, -0.1) is 0 Å². The number of nitrogens with zero attached hydrogens (tertiary/aromatic N) is 2. The van der Waals surface area contributed by atoms with Crippen molar-refractivity contribution in [3.8, 4) is 0 Å². The largest absolute Gasteiger partial charge is 0.279 e. The highest BCUT2D eigenvalue weighted by Crippen LogP contribution is 2.16. The molecule has 0 aromatic carbocycles. The fraction of sp³-hybridized carbons (Fsp3) is 0.583. The Morgan fingerprint density at radius 2 is 2.00 bits per heavy atom. The van der Waals surface area contributed by atoms with Gasteiger partial charge >= 0.3 is 0 Å². The average molecular weight is 269 g/mol. The van der Waals surface area contributed by atoms with Crippen LogP contribution in [0.25, 0.3) is 0 Å². The molecule has 0 aliphatic carbocycles. The minimum atomic E-state index is -3.36. The Bertz CT molecular complexity index is 493. The van der Waals surface area contributed by atoms with Gasteiger partial charge in [-0.2, -0.15) is 17.4 Å². The Balaban J connectivity index is 2.06. The molecule has 1 saturated heterocycles. The molecule has 0 radical (unpaired) electrons. The van der Waals surface area contributed by atoms with Crippen molar-refractivity contribution in [2.24, 2.45) is 0 Å². The van der Waals surface area contributed by atoms with Gasteiger partial charge in [0, 0.05) is 31.0 Å². The molecule has 100 valence electrons. The van der Waals surface area contributed by atoms with Gasteiger partial charge in [-0.25, -0.2) is 0 Å². The highest BCUT2D eigenvalue weighted by atomic mass is 32.2. The maximum absolute atomic E-state index is 12.1. The summed E-state index contributed by atoms with van der Waals surface area (Å²) in [5.74, 6) is 0. The van der Waals surface area contributed by atoms with Crippen LogP contribution in [0.15, 0.2) is 18.3 Å². The third-order valence-corrected chi connectivity index (χ3v) is 4.86. The van der Waals surface area contributed by atoms with E-state index >= 15 is 0 Å². The van der Waals surface area contributed by atoms with Gasteiger partial charge in [-0.1, -0.05) is 6.07 Å². The molecule has 1 aromatic heterocycles. The van der Waals surface area contributed by atoms with Crippen LogP contribution in [-0.2, 0) is 10.2 Å². The molecule has 1 aromatic rings. The first-order valence-electron chi connectivity index (χ1n) is 6.19. The summed E-state index contributed by atoms with van der Waals surface area (Å²) < 4.78 is 28.4. The Morgan fingerprint density at radius 1 is 1.33 bits per heavy atom. The lowest BCUT2D eigenvalue weighted by atomic mass is 10.1. The van der Waals surface area contributed by atoms with Gasteiger partial charge in [0.25, 0.3) is 10.2 Å². The third kappa shape index (κ3) is 3.07. The van der Waals surface area contributed by atoms with Crippen LogP contribution in [-0.4, -0.2) is 30.8 Å². The van der Waals surface area contributed by atoms with Gasteiger partial charge in [0.1, 0.15) is 0 Å². The minimum absolute atomic E-state index is 0.260. The molecule has 18 heavy (non-hydrogen) atoms. The van der Waals surface area contributed by atoms with Crippen molar-refractivity contribution < 1.29 is 8.42 Å². The monoisotopic (exact) mass is 269 g/mol. The fourth-order valence-corrected chi connectivity index (χ4v) is 3.50. The smallest absolute Gasteiger partial charge is 0.261 e. The van der Waals surface area contributed by atoms with E-state index in [1.165, 1.54) is 4.31 Å². The number of aryl methyl sites for hydroxylation is 1. The summed E-state index contributed by atoms with van der Waals surface area (Å²) in [6, 6.07) is 3.53. The Morgan fingerprint density at radius 3 is 2.56 bits per heavy atom. The molecule has 1 atom stereocenters. The van der Waals surface area contributed by atoms with Gasteiger partial charge in [0.2, 0.25) is 0 Å². The Kier molecular flexibility index (Phi) is 3.99. The quantitative estimate of drug-likeness (QED) is 0.898. The SMILES string of the molecule is Cc1ccc(C(C)NS(=O)(=O)N2CCCC2)cn1. The molecular formula is C12H19N3O2S. The average Bonchev–Trinajstić information content (AvgIpc) is 2.83. The zero-order valence-electron chi connectivity index (χ0n) is 10.8. The summed E-state index contributed by atoms with van der Waals surface area (Å²) in [5.41, 5.74) is 1.80. The molecule has 1 fully saturated rings. The van der Waals surface area contributed by atoms with Crippen molar-refractivity contribution in [2.75, 3.05) is 13.1 Å². The van der Waals surface area contributed by atoms with Gasteiger partial charge in [-0.05, 0) is 38.3 Å². The number of hydrogen-bond donors (Lipinski definition) is 1. The molecule has 1 aliphatic rings. The van der Waals surface area contributed by atoms with Crippen LogP contribution >= 0.6 is 0 Å². The summed E-state index contributed by atoms with van der Waals surface area (Å²) in [4.78, 5) is 4.18. The molecular weight excluding hydrogens is 250 g/mol. The van der Waals surface area contributed by atoms with Gasteiger partial charge in [0.05, 0.1) is 0 Å². The van der Waals surface area contributed by atoms with E-state index in [9.17, 15) is 8.42 Å². The van der Waals surface area contributed by atoms with E-state index in [0.29, 0.717) is 13.1 Å². The van der Waals surface area contributed by atoms with Crippen molar-refractivity contribution in [3.63, 3.8) is 0 Å². The number of rotatable bonds is 4. The number of nitrogens with one attached hydrogen (secondary N) is 1. The molecule has 1 aliphatic heterocycles. The molecule has 0 spiro atoms. The van der Waals surface area contributed by atoms with Crippen molar-refractivity contribution in [1.29, 1.82) is 0 Å². The van der Waals surface area contributed by atoms with E-state index in [1.807, 2.05) is 26.0 Å². The second kappa shape index (κ2) is 5.34. The normalized spacial score (nSPS) is 19.0. The van der Waals surface area contributed by atoms with Gasteiger partial charge < -0.3 is 0 Å². The summed E-state index contributed by atoms with van der Waals surface area (Å²) >= 11 is 0. The molecule has 2 heterocycles. The highest BCUT2D eigenvalue weighted by molar-refractivity contribution is 7.87. The highest BCUT2D eigenvalue weighted by Gasteiger charge is 2.26. The van der Waals surface area contributed by atoms with Crippen LogP contribution in [0.2, 0.25) is 0 Å². The lowest BCUT2D eigenvalue weighted by molar-refractivity contribution is 0.457. The first kappa shape index (κ1) is 13.5. The van der Waals surface area contributed by atoms with Crippen molar-refractivity contribution in [2.45, 2.75) is 32.7 Å². The second-order valence-corrected chi connectivity index (χ2v) is 6.39. The number of hydrogen-bond acceptors (Lipinski definition) is 3. The predicted octanol–water partition coefficient (Wildman–Crippen LogP) is 1.38. The standard InChI is InChI=1S/C12H19N3O2S/c1-10-5-6-12(9-13-10)11(2)14-18(16,17)15-7-3-4-8-15/h5-6,9,11,14H,3-4,7-8H2,1-2H3. The van der Waals surface area contributed by atoms with E-state index < -0.39 is 10.2 Å². The van der Waals surface area contributed by atoms with E-state index in [-0.39, 0.29) is 6.04 Å². The Labute approximate surface area is 108 Å². The Hall–Kier alpha value is -0.980. The van der Waals surface area contributed by atoms with Crippen molar-refractivity contribution in [3.05, 3.63) is 29.6 Å². The molecule has 1 unspecified atom stereocenters. The molecule has 0 bridgehead atoms. The summed E-state index contributed by atoms with van der Waals surface area (Å²) in [7, 11) is -3.36. The lowest BCUT2D eigenvalue weighted by Crippen LogP contribution is -2.40. The van der Waals surface area contributed by atoms with Gasteiger partial charge in [-0.3, -0.25) is 4.98 Å². The van der Waals surface area contributed by atoms with Crippen LogP contribution in [0.4, 0.5) is 0 Å². The zero-order chi connectivity index (χ0) is 13.2. The van der Waals surface area contributed by atoms with Crippen LogP contribution in [0.3, 0.4) is 0 Å². The van der Waals surface area contributed by atoms with Crippen molar-refractivity contribution >= 4 is 10.2 Å². The zero-order valence-corrected chi connectivity index (χ0v) is 11.6. The maximum Gasteiger partial charge on any atom is 0.279 e. The van der Waals surface area contributed by atoms with Crippen molar-refractivity contribution in [1.82, 2.24) is 14.0 Å². The molecule has 5 nitrogen and oxygen atoms in total. The first-order valence-corrected chi connectivity index (χ1v) is 7.63. The lowest BCUT2D eigenvalue weighted by Gasteiger charge is -2.20. The van der Waals surface area contributed by atoms with Gasteiger partial charge in [0.15, 0.2) is 0 Å². The molecule has 6 heteroatoms. The van der Waals surface area contributed by atoms with Crippen LogP contribution in [0, 0.1) is 6.92 Å². The molecule has 0 saturated carbocycles. The second-order valence-electron chi connectivity index (χ2n) is 4.68. The predicted molar refractivity (Wildman–Crippen MR) is 70.3 cm³/mol. The number of aromatic nitrogens is 1. The van der Waals surface area contributed by atoms with E-state index in [4.69, 9.17) is 0 Å². The molecule has 2 rings (SSSR count). The minimum Gasteiger partial charge on any atom is -0.261 e. The van der Waals surface area contributed by atoms with Crippen LogP contribution in [0.5, 0.6) is 0 Å². The van der Waals surface area contributed by atoms with Crippen LogP contribution in [0.1, 0.15) is 37.1 Å². The third-order valence-electron chi connectivity index (χ3n) is 3.16. The first-order chi connectivity index (χ1) is 8.49. The fourth-order valence-electron chi connectivity index (χ4n) is 2.03. The number of pyridine rings is 1. The van der Waals surface area contributed by atoms with E-state index in [1.54, 1.807) is 6.20 Å². The molecule has 1 N–H and O–H groups in total. The van der Waals surface area contributed by atoms with Crippen LogP contribution < -0.4 is 4.72 Å². The summed E-state index contributed by atoms with van der Waals surface area (Å²) in [5, 5.41) is 0. The van der Waals surface area contributed by atoms with E-state index in [0.717, 1.165) is 24.1 Å². The summed E-state index contributed by atoms with van der Waals surface area (Å²) in [6.45, 7) is 4.98.